The maximum Gasteiger partial charge on any atom is 0.139 e. The number of benzene rings is 1. The van der Waals surface area contributed by atoms with E-state index < -0.39 is 0 Å². The van der Waals surface area contributed by atoms with E-state index in [4.69, 9.17) is 5.73 Å². The second-order valence-corrected chi connectivity index (χ2v) is 5.04. The van der Waals surface area contributed by atoms with E-state index in [1.807, 2.05) is 6.92 Å². The SMILES string of the molecule is Cc1nc(N)c(C)c(Nc2ccc(F)cc2I)n1. The summed E-state index contributed by atoms with van der Waals surface area (Å²) in [7, 11) is 0. The highest BCUT2D eigenvalue weighted by Gasteiger charge is 2.09. The van der Waals surface area contributed by atoms with Crippen LogP contribution in [0.5, 0.6) is 0 Å². The van der Waals surface area contributed by atoms with Crippen LogP contribution in [-0.2, 0) is 0 Å². The molecule has 0 atom stereocenters. The van der Waals surface area contributed by atoms with Crippen molar-refractivity contribution in [3.63, 3.8) is 0 Å². The highest BCUT2D eigenvalue weighted by molar-refractivity contribution is 14.1. The van der Waals surface area contributed by atoms with Gasteiger partial charge < -0.3 is 11.1 Å². The van der Waals surface area contributed by atoms with Crippen LogP contribution < -0.4 is 11.1 Å². The second-order valence-electron chi connectivity index (χ2n) is 3.88. The Morgan fingerprint density at radius 2 is 2.00 bits per heavy atom. The molecule has 0 saturated carbocycles. The van der Waals surface area contributed by atoms with Crippen LogP contribution in [0.1, 0.15) is 11.4 Å². The zero-order valence-corrected chi connectivity index (χ0v) is 12.1. The fourth-order valence-electron chi connectivity index (χ4n) is 1.49. The Balaban J connectivity index is 2.40. The molecule has 0 aliphatic heterocycles. The van der Waals surface area contributed by atoms with Crippen molar-refractivity contribution in [3.8, 4) is 0 Å². The number of nitrogens with one attached hydrogen (secondary N) is 1. The van der Waals surface area contributed by atoms with Gasteiger partial charge in [-0.2, -0.15) is 0 Å². The molecule has 0 fully saturated rings. The number of aromatic nitrogens is 2. The molecule has 0 aliphatic rings. The van der Waals surface area contributed by atoms with Gasteiger partial charge in [-0.3, -0.25) is 0 Å². The number of hydrogen-bond donors (Lipinski definition) is 2. The fourth-order valence-corrected chi connectivity index (χ4v) is 2.10. The van der Waals surface area contributed by atoms with E-state index in [-0.39, 0.29) is 5.82 Å². The highest BCUT2D eigenvalue weighted by atomic mass is 127. The molecule has 0 radical (unpaired) electrons. The average Bonchev–Trinajstić information content (AvgIpc) is 2.29. The molecule has 0 amide bonds. The molecule has 0 saturated heterocycles. The zero-order chi connectivity index (χ0) is 13.3. The second kappa shape index (κ2) is 5.05. The number of aryl methyl sites for hydroxylation is 1. The molecule has 0 bridgehead atoms. The van der Waals surface area contributed by atoms with Crippen LogP contribution >= 0.6 is 22.6 Å². The van der Waals surface area contributed by atoms with Gasteiger partial charge in [0.25, 0.3) is 0 Å². The van der Waals surface area contributed by atoms with Crippen LogP contribution in [0.2, 0.25) is 0 Å². The predicted molar refractivity (Wildman–Crippen MR) is 78.3 cm³/mol. The molecule has 1 heterocycles. The summed E-state index contributed by atoms with van der Waals surface area (Å²) in [4.78, 5) is 8.37. The first-order chi connectivity index (χ1) is 8.47. The van der Waals surface area contributed by atoms with Crippen molar-refractivity contribution in [2.24, 2.45) is 0 Å². The summed E-state index contributed by atoms with van der Waals surface area (Å²) < 4.78 is 13.8. The van der Waals surface area contributed by atoms with Crippen LogP contribution in [0.3, 0.4) is 0 Å². The van der Waals surface area contributed by atoms with Gasteiger partial charge in [0.05, 0.1) is 5.69 Å². The first kappa shape index (κ1) is 13.0. The van der Waals surface area contributed by atoms with E-state index in [9.17, 15) is 4.39 Å². The lowest BCUT2D eigenvalue weighted by molar-refractivity contribution is 0.627. The summed E-state index contributed by atoms with van der Waals surface area (Å²) in [5.41, 5.74) is 7.35. The normalized spacial score (nSPS) is 10.4. The lowest BCUT2D eigenvalue weighted by Crippen LogP contribution is -2.05. The van der Waals surface area contributed by atoms with Crippen LogP contribution in [0.4, 0.5) is 21.7 Å². The maximum atomic E-state index is 13.0. The fraction of sp³-hybridized carbons (Fsp3) is 0.167. The van der Waals surface area contributed by atoms with Crippen molar-refractivity contribution in [1.82, 2.24) is 9.97 Å². The van der Waals surface area contributed by atoms with Crippen molar-refractivity contribution in [3.05, 3.63) is 39.0 Å². The van der Waals surface area contributed by atoms with Crippen LogP contribution in [0.15, 0.2) is 18.2 Å². The van der Waals surface area contributed by atoms with Crippen molar-refractivity contribution < 1.29 is 4.39 Å². The Kier molecular flexibility index (Phi) is 3.65. The smallest absolute Gasteiger partial charge is 0.139 e. The van der Waals surface area contributed by atoms with E-state index >= 15 is 0 Å². The Morgan fingerprint density at radius 3 is 2.67 bits per heavy atom. The Bertz CT molecular complexity index is 601. The third kappa shape index (κ3) is 2.69. The molecular weight excluding hydrogens is 346 g/mol. The van der Waals surface area contributed by atoms with Gasteiger partial charge in [-0.15, -0.1) is 0 Å². The number of hydrogen-bond acceptors (Lipinski definition) is 4. The number of rotatable bonds is 2. The molecule has 1 aromatic heterocycles. The topological polar surface area (TPSA) is 63.8 Å². The third-order valence-electron chi connectivity index (χ3n) is 2.48. The lowest BCUT2D eigenvalue weighted by Gasteiger charge is -2.12. The van der Waals surface area contributed by atoms with Crippen molar-refractivity contribution in [2.45, 2.75) is 13.8 Å². The number of nitrogen functional groups attached to an aromatic ring is 1. The largest absolute Gasteiger partial charge is 0.383 e. The molecule has 4 nitrogen and oxygen atoms in total. The summed E-state index contributed by atoms with van der Waals surface area (Å²) in [5.74, 6) is 1.42. The first-order valence-corrected chi connectivity index (χ1v) is 6.38. The molecule has 0 unspecified atom stereocenters. The Hall–Kier alpha value is -1.44. The van der Waals surface area contributed by atoms with E-state index in [1.54, 1.807) is 13.0 Å². The molecule has 18 heavy (non-hydrogen) atoms. The molecule has 1 aromatic carbocycles. The Labute approximate surface area is 118 Å². The van der Waals surface area contributed by atoms with Crippen LogP contribution in [0.25, 0.3) is 0 Å². The minimum Gasteiger partial charge on any atom is -0.383 e. The van der Waals surface area contributed by atoms with Gasteiger partial charge in [0.15, 0.2) is 0 Å². The van der Waals surface area contributed by atoms with E-state index in [0.717, 1.165) is 14.8 Å². The van der Waals surface area contributed by atoms with Gasteiger partial charge in [0.2, 0.25) is 0 Å². The summed E-state index contributed by atoms with van der Waals surface area (Å²) in [5, 5.41) is 3.14. The van der Waals surface area contributed by atoms with Crippen molar-refractivity contribution in [2.75, 3.05) is 11.1 Å². The van der Waals surface area contributed by atoms with E-state index in [1.165, 1.54) is 12.1 Å². The van der Waals surface area contributed by atoms with Crippen LogP contribution in [0, 0.1) is 23.2 Å². The summed E-state index contributed by atoms with van der Waals surface area (Å²) in [6.45, 7) is 3.62. The van der Waals surface area contributed by atoms with Gasteiger partial charge in [-0.25, -0.2) is 14.4 Å². The highest BCUT2D eigenvalue weighted by Crippen LogP contribution is 2.25. The lowest BCUT2D eigenvalue weighted by atomic mass is 10.2. The maximum absolute atomic E-state index is 13.0. The summed E-state index contributed by atoms with van der Waals surface area (Å²) in [6.07, 6.45) is 0. The predicted octanol–water partition coefficient (Wildman–Crippen LogP) is 3.16. The standard InChI is InChI=1S/C12H12FIN4/c1-6-11(15)16-7(2)17-12(6)18-10-4-3-8(13)5-9(10)14/h3-5H,1-2H3,(H3,15,16,17,18). The zero-order valence-electron chi connectivity index (χ0n) is 9.96. The van der Waals surface area contributed by atoms with Gasteiger partial charge >= 0.3 is 0 Å². The van der Waals surface area contributed by atoms with E-state index in [0.29, 0.717) is 17.5 Å². The monoisotopic (exact) mass is 358 g/mol. The number of nitrogens with two attached hydrogens (primary N) is 1. The van der Waals surface area contributed by atoms with Crippen LogP contribution in [-0.4, -0.2) is 9.97 Å². The minimum atomic E-state index is -0.264. The van der Waals surface area contributed by atoms with Gasteiger partial charge in [0.1, 0.15) is 23.3 Å². The summed E-state index contributed by atoms with van der Waals surface area (Å²) >= 11 is 2.06. The molecule has 6 heteroatoms. The van der Waals surface area contributed by atoms with Gasteiger partial charge in [-0.05, 0) is 54.6 Å². The minimum absolute atomic E-state index is 0.264. The molecule has 3 N–H and O–H groups in total. The van der Waals surface area contributed by atoms with Crippen molar-refractivity contribution in [1.29, 1.82) is 0 Å². The summed E-state index contributed by atoms with van der Waals surface area (Å²) in [6, 6.07) is 4.52. The molecule has 0 spiro atoms. The van der Waals surface area contributed by atoms with E-state index in [2.05, 4.69) is 37.9 Å². The number of halogens is 2. The molecule has 2 rings (SSSR count). The third-order valence-corrected chi connectivity index (χ3v) is 3.37. The van der Waals surface area contributed by atoms with Gasteiger partial charge in [-0.1, -0.05) is 0 Å². The number of nitrogens with zero attached hydrogens (tertiary/aromatic N) is 2. The average molecular weight is 358 g/mol. The molecule has 0 aliphatic carbocycles. The molecule has 94 valence electrons. The van der Waals surface area contributed by atoms with Gasteiger partial charge in [0, 0.05) is 9.13 Å². The first-order valence-electron chi connectivity index (χ1n) is 5.30. The number of anilines is 3. The molecule has 2 aromatic rings. The quantitative estimate of drug-likeness (QED) is 0.810. The van der Waals surface area contributed by atoms with Crippen molar-refractivity contribution >= 4 is 39.9 Å². The molecular formula is C12H12FIN4. The Morgan fingerprint density at radius 1 is 1.28 bits per heavy atom.